The lowest BCUT2D eigenvalue weighted by Crippen LogP contribution is -2.38. The number of ketones is 1. The fraction of sp³-hybridized carbons (Fsp3) is 0.450. The van der Waals surface area contributed by atoms with Gasteiger partial charge in [0.15, 0.2) is 5.78 Å². The molecular weight excluding hydrogens is 346 g/mol. The van der Waals surface area contributed by atoms with Crippen LogP contribution in [-0.2, 0) is 20.7 Å². The lowest BCUT2D eigenvalue weighted by atomic mass is 10.1. The summed E-state index contributed by atoms with van der Waals surface area (Å²) in [7, 11) is 0. The summed E-state index contributed by atoms with van der Waals surface area (Å²) in [4.78, 5) is 33.5. The van der Waals surface area contributed by atoms with Gasteiger partial charge in [0.25, 0.3) is 0 Å². The molecule has 3 aliphatic rings. The minimum Gasteiger partial charge on any atom is -0.508 e. The summed E-state index contributed by atoms with van der Waals surface area (Å²) in [6.07, 6.45) is 2.46. The van der Waals surface area contributed by atoms with Gasteiger partial charge in [0.2, 0.25) is 5.91 Å². The first-order chi connectivity index (χ1) is 13.0. The van der Waals surface area contributed by atoms with Crippen molar-refractivity contribution < 1.29 is 19.4 Å². The molecule has 3 heterocycles. The largest absolute Gasteiger partial charge is 0.508 e. The zero-order chi connectivity index (χ0) is 19.0. The number of phenols is 1. The SMILES string of the molecule is C[C@@H]1Cc2c(O)cccc2N1C(=O)CC1=NC(N2CCOCC2)=CC(=O)C1. The van der Waals surface area contributed by atoms with Crippen molar-refractivity contribution in [2.24, 2.45) is 4.99 Å². The molecule has 0 radical (unpaired) electrons. The van der Waals surface area contributed by atoms with Gasteiger partial charge in [0.05, 0.1) is 25.3 Å². The Balaban J connectivity index is 1.53. The molecule has 1 N–H and O–H groups in total. The van der Waals surface area contributed by atoms with E-state index in [9.17, 15) is 14.7 Å². The predicted octanol–water partition coefficient (Wildman–Crippen LogP) is 1.65. The van der Waals surface area contributed by atoms with Crippen LogP contribution in [-0.4, -0.2) is 59.8 Å². The number of ether oxygens (including phenoxy) is 1. The minimum absolute atomic E-state index is 0.0261. The van der Waals surface area contributed by atoms with Crippen molar-refractivity contribution in [2.75, 3.05) is 31.2 Å². The maximum atomic E-state index is 13.0. The van der Waals surface area contributed by atoms with E-state index in [1.54, 1.807) is 23.1 Å². The van der Waals surface area contributed by atoms with Gasteiger partial charge in [-0.25, -0.2) is 4.99 Å². The Bertz CT molecular complexity index is 840. The molecule has 0 unspecified atom stereocenters. The van der Waals surface area contributed by atoms with Crippen LogP contribution in [0.25, 0.3) is 0 Å². The Morgan fingerprint density at radius 1 is 1.33 bits per heavy atom. The highest BCUT2D eigenvalue weighted by atomic mass is 16.5. The average molecular weight is 369 g/mol. The van der Waals surface area contributed by atoms with Crippen molar-refractivity contribution in [1.29, 1.82) is 0 Å². The van der Waals surface area contributed by atoms with E-state index in [2.05, 4.69) is 4.99 Å². The third-order valence-corrected chi connectivity index (χ3v) is 5.23. The van der Waals surface area contributed by atoms with Crippen LogP contribution in [0.3, 0.4) is 0 Å². The summed E-state index contributed by atoms with van der Waals surface area (Å²) in [6, 6.07) is 5.20. The van der Waals surface area contributed by atoms with E-state index in [0.29, 0.717) is 44.3 Å². The molecule has 1 atom stereocenters. The third-order valence-electron chi connectivity index (χ3n) is 5.23. The van der Waals surface area contributed by atoms with E-state index < -0.39 is 0 Å². The van der Waals surface area contributed by atoms with Crippen molar-refractivity contribution in [3.05, 3.63) is 35.7 Å². The number of anilines is 1. The van der Waals surface area contributed by atoms with E-state index >= 15 is 0 Å². The lowest BCUT2D eigenvalue weighted by molar-refractivity contribution is -0.117. The maximum Gasteiger partial charge on any atom is 0.232 e. The highest BCUT2D eigenvalue weighted by Gasteiger charge is 2.33. The summed E-state index contributed by atoms with van der Waals surface area (Å²) in [5.74, 6) is 0.727. The molecule has 142 valence electrons. The Hall–Kier alpha value is -2.67. The van der Waals surface area contributed by atoms with Crippen molar-refractivity contribution >= 4 is 23.1 Å². The topological polar surface area (TPSA) is 82.4 Å². The molecule has 0 aliphatic carbocycles. The van der Waals surface area contributed by atoms with Crippen molar-refractivity contribution in [3.63, 3.8) is 0 Å². The number of hydrogen-bond donors (Lipinski definition) is 1. The Morgan fingerprint density at radius 2 is 2.11 bits per heavy atom. The molecule has 1 fully saturated rings. The van der Waals surface area contributed by atoms with Crippen molar-refractivity contribution in [1.82, 2.24) is 4.90 Å². The molecular formula is C20H23N3O4. The smallest absolute Gasteiger partial charge is 0.232 e. The van der Waals surface area contributed by atoms with Crippen LogP contribution in [0.15, 0.2) is 35.1 Å². The number of phenolic OH excluding ortho intramolecular Hbond substituents is 1. The Kier molecular flexibility index (Phi) is 4.70. The molecule has 4 rings (SSSR count). The van der Waals surface area contributed by atoms with Gasteiger partial charge in [-0.15, -0.1) is 0 Å². The summed E-state index contributed by atoms with van der Waals surface area (Å²) in [6.45, 7) is 4.57. The van der Waals surface area contributed by atoms with Gasteiger partial charge in [-0.05, 0) is 25.5 Å². The fourth-order valence-corrected chi connectivity index (χ4v) is 3.95. The molecule has 27 heavy (non-hydrogen) atoms. The number of amides is 1. The molecule has 1 amide bonds. The Labute approximate surface area is 157 Å². The standard InChI is InChI=1S/C20H23N3O4/c1-13-9-16-17(3-2-4-18(16)25)23(13)20(26)11-14-10-15(24)12-19(21-14)22-5-7-27-8-6-22/h2-4,12-13,25H,5-11H2,1H3/t13-/m1/s1. The predicted molar refractivity (Wildman–Crippen MR) is 101 cm³/mol. The maximum absolute atomic E-state index is 13.0. The van der Waals surface area contributed by atoms with Crippen molar-refractivity contribution in [2.45, 2.75) is 32.2 Å². The van der Waals surface area contributed by atoms with E-state index in [-0.39, 0.29) is 36.3 Å². The number of nitrogens with zero attached hydrogens (tertiary/aromatic N) is 3. The number of allylic oxidation sites excluding steroid dienone is 1. The molecule has 0 bridgehead atoms. The average Bonchev–Trinajstić information content (AvgIpc) is 2.99. The third kappa shape index (κ3) is 3.47. The first-order valence-electron chi connectivity index (χ1n) is 9.29. The molecule has 7 heteroatoms. The number of rotatable bonds is 3. The van der Waals surface area contributed by atoms with Crippen LogP contribution in [0.1, 0.15) is 25.3 Å². The van der Waals surface area contributed by atoms with E-state index in [4.69, 9.17) is 4.74 Å². The van der Waals surface area contributed by atoms with Gasteiger partial charge >= 0.3 is 0 Å². The number of benzene rings is 1. The number of carbonyl (C=O) groups is 2. The molecule has 0 aromatic heterocycles. The lowest BCUT2D eigenvalue weighted by Gasteiger charge is -2.30. The molecule has 1 aromatic carbocycles. The normalized spacial score (nSPS) is 22.4. The van der Waals surface area contributed by atoms with Crippen LogP contribution in [0.5, 0.6) is 5.75 Å². The summed E-state index contributed by atoms with van der Waals surface area (Å²) < 4.78 is 5.35. The Morgan fingerprint density at radius 3 is 2.89 bits per heavy atom. The second-order valence-electron chi connectivity index (χ2n) is 7.19. The van der Waals surface area contributed by atoms with E-state index in [1.807, 2.05) is 17.9 Å². The van der Waals surface area contributed by atoms with E-state index in [0.717, 1.165) is 11.3 Å². The van der Waals surface area contributed by atoms with Gasteiger partial charge < -0.3 is 19.6 Å². The quantitative estimate of drug-likeness (QED) is 0.876. The molecule has 3 aliphatic heterocycles. The van der Waals surface area contributed by atoms with Gasteiger partial charge in [-0.1, -0.05) is 6.07 Å². The first kappa shape index (κ1) is 17.7. The van der Waals surface area contributed by atoms with E-state index in [1.165, 1.54) is 0 Å². The molecule has 7 nitrogen and oxygen atoms in total. The minimum atomic E-state index is -0.0957. The zero-order valence-corrected chi connectivity index (χ0v) is 15.4. The van der Waals surface area contributed by atoms with Crippen LogP contribution in [0.2, 0.25) is 0 Å². The second kappa shape index (κ2) is 7.15. The molecule has 0 spiro atoms. The van der Waals surface area contributed by atoms with Gasteiger partial charge in [0.1, 0.15) is 11.6 Å². The monoisotopic (exact) mass is 369 g/mol. The fourth-order valence-electron chi connectivity index (χ4n) is 3.95. The van der Waals surface area contributed by atoms with Crippen LogP contribution in [0, 0.1) is 0 Å². The summed E-state index contributed by atoms with van der Waals surface area (Å²) >= 11 is 0. The highest BCUT2D eigenvalue weighted by molar-refractivity contribution is 6.16. The summed E-state index contributed by atoms with van der Waals surface area (Å²) in [5.41, 5.74) is 2.14. The number of aromatic hydroxyl groups is 1. The number of morpholine rings is 1. The van der Waals surface area contributed by atoms with Crippen LogP contribution in [0.4, 0.5) is 5.69 Å². The summed E-state index contributed by atoms with van der Waals surface area (Å²) in [5, 5.41) is 10.1. The highest BCUT2D eigenvalue weighted by Crippen LogP contribution is 2.38. The van der Waals surface area contributed by atoms with Gasteiger partial charge in [-0.2, -0.15) is 0 Å². The first-order valence-corrected chi connectivity index (χ1v) is 9.29. The van der Waals surface area contributed by atoms with Gasteiger partial charge in [-0.3, -0.25) is 9.59 Å². The number of hydrogen-bond acceptors (Lipinski definition) is 6. The van der Waals surface area contributed by atoms with Gasteiger partial charge in [0, 0.05) is 42.9 Å². The zero-order valence-electron chi connectivity index (χ0n) is 15.4. The van der Waals surface area contributed by atoms with Crippen LogP contribution < -0.4 is 4.90 Å². The molecule has 1 saturated heterocycles. The molecule has 0 saturated carbocycles. The number of fused-ring (bicyclic) bond motifs is 1. The second-order valence-corrected chi connectivity index (χ2v) is 7.19. The van der Waals surface area contributed by atoms with Crippen molar-refractivity contribution in [3.8, 4) is 5.75 Å². The number of carbonyl (C=O) groups excluding carboxylic acids is 2. The molecule has 1 aromatic rings. The number of aliphatic imine (C=N–C) groups is 1. The van der Waals surface area contributed by atoms with Crippen LogP contribution >= 0.6 is 0 Å².